The quantitative estimate of drug-likeness (QED) is 0.271. The predicted molar refractivity (Wildman–Crippen MR) is 141 cm³/mol. The zero-order chi connectivity index (χ0) is 24.6. The number of H-pyrrole nitrogens is 1. The molecule has 35 heavy (non-hydrogen) atoms. The molecule has 0 bridgehead atoms. The first-order valence-corrected chi connectivity index (χ1v) is 13.2. The Morgan fingerprint density at radius 1 is 1.17 bits per heavy atom. The van der Waals surface area contributed by atoms with Gasteiger partial charge < -0.3 is 15.6 Å². The number of fused-ring (bicyclic) bond motifs is 2. The number of carbonyl (C=O) groups excluding carboxylic acids is 1. The molecule has 0 aliphatic carbocycles. The van der Waals surface area contributed by atoms with Gasteiger partial charge in [0.05, 0.1) is 4.88 Å². The van der Waals surface area contributed by atoms with Gasteiger partial charge in [-0.25, -0.2) is 8.78 Å². The standard InChI is InChI=1S/C28H31F2N3OS/c1-2-3-6-18(15-19-17-32-23-8-5-4-7-21(19)23)25-22-10-9-20(16-24(22)35-26(25)27(31)34)33-13-11-28(29,30)12-14-33/h4-5,7-10,16-18,32H,2-3,6,11-15H2,1H3,(H2,31,34). The fraction of sp³-hybridized carbons (Fsp3) is 0.393. The van der Waals surface area contributed by atoms with Gasteiger partial charge in [-0.2, -0.15) is 0 Å². The van der Waals surface area contributed by atoms with Gasteiger partial charge in [0.1, 0.15) is 0 Å². The first-order valence-electron chi connectivity index (χ1n) is 12.4. The Labute approximate surface area is 208 Å². The van der Waals surface area contributed by atoms with Gasteiger partial charge >= 0.3 is 0 Å². The molecule has 2 aromatic carbocycles. The molecule has 1 atom stereocenters. The number of nitrogens with zero attached hydrogens (tertiary/aromatic N) is 1. The lowest BCUT2D eigenvalue weighted by Crippen LogP contribution is -2.39. The van der Waals surface area contributed by atoms with Crippen molar-refractivity contribution in [1.29, 1.82) is 0 Å². The summed E-state index contributed by atoms with van der Waals surface area (Å²) in [5.41, 5.74) is 10.2. The summed E-state index contributed by atoms with van der Waals surface area (Å²) < 4.78 is 28.3. The Balaban J connectivity index is 1.53. The number of alkyl halides is 2. The van der Waals surface area contributed by atoms with Crippen LogP contribution in [-0.2, 0) is 6.42 Å². The Morgan fingerprint density at radius 3 is 2.69 bits per heavy atom. The molecule has 0 radical (unpaired) electrons. The molecule has 0 spiro atoms. The van der Waals surface area contributed by atoms with E-state index < -0.39 is 11.8 Å². The van der Waals surface area contributed by atoms with Crippen LogP contribution in [0.3, 0.4) is 0 Å². The molecule has 184 valence electrons. The molecule has 1 aliphatic rings. The van der Waals surface area contributed by atoms with Crippen LogP contribution in [0.25, 0.3) is 21.0 Å². The summed E-state index contributed by atoms with van der Waals surface area (Å²) >= 11 is 1.43. The molecule has 0 saturated carbocycles. The minimum absolute atomic E-state index is 0.128. The first kappa shape index (κ1) is 23.8. The van der Waals surface area contributed by atoms with Gasteiger partial charge in [0.2, 0.25) is 0 Å². The number of para-hydroxylation sites is 1. The average Bonchev–Trinajstić information content (AvgIpc) is 3.43. The Hall–Kier alpha value is -2.93. The molecule has 7 heteroatoms. The number of hydrogen-bond donors (Lipinski definition) is 2. The second-order valence-electron chi connectivity index (χ2n) is 9.64. The van der Waals surface area contributed by atoms with Crippen LogP contribution in [0.15, 0.2) is 48.7 Å². The van der Waals surface area contributed by atoms with E-state index in [-0.39, 0.29) is 18.8 Å². The number of nitrogens with two attached hydrogens (primary N) is 1. The average molecular weight is 496 g/mol. The van der Waals surface area contributed by atoms with Crippen LogP contribution in [0.4, 0.5) is 14.5 Å². The zero-order valence-corrected chi connectivity index (χ0v) is 20.8. The Kier molecular flexibility index (Phi) is 6.53. The molecule has 4 nitrogen and oxygen atoms in total. The summed E-state index contributed by atoms with van der Waals surface area (Å²) in [6.07, 6.45) is 5.73. The number of rotatable bonds is 8. The zero-order valence-electron chi connectivity index (χ0n) is 19.9. The summed E-state index contributed by atoms with van der Waals surface area (Å²) in [6, 6.07) is 14.4. The van der Waals surface area contributed by atoms with Gasteiger partial charge in [-0.1, -0.05) is 44.0 Å². The lowest BCUT2D eigenvalue weighted by molar-refractivity contribution is -0.0220. The number of piperidine rings is 1. The third-order valence-corrected chi connectivity index (χ3v) is 8.43. The molecule has 1 amide bonds. The predicted octanol–water partition coefficient (Wildman–Crippen LogP) is 7.23. The monoisotopic (exact) mass is 495 g/mol. The van der Waals surface area contributed by atoms with Crippen molar-refractivity contribution in [2.24, 2.45) is 5.73 Å². The van der Waals surface area contributed by atoms with Crippen LogP contribution in [-0.4, -0.2) is 29.9 Å². The van der Waals surface area contributed by atoms with E-state index in [0.29, 0.717) is 18.0 Å². The molecule has 1 aliphatic heterocycles. The molecule has 1 saturated heterocycles. The van der Waals surface area contributed by atoms with Crippen LogP contribution < -0.4 is 10.6 Å². The minimum atomic E-state index is -2.58. The van der Waals surface area contributed by atoms with E-state index in [4.69, 9.17) is 5.73 Å². The van der Waals surface area contributed by atoms with Gasteiger partial charge in [-0.15, -0.1) is 11.3 Å². The number of unbranched alkanes of at least 4 members (excludes halogenated alkanes) is 1. The Morgan fingerprint density at radius 2 is 1.94 bits per heavy atom. The normalized spacial score (nSPS) is 16.7. The van der Waals surface area contributed by atoms with Gasteiger partial charge in [-0.3, -0.25) is 4.79 Å². The highest BCUT2D eigenvalue weighted by molar-refractivity contribution is 7.21. The number of aromatic amines is 1. The molecule has 1 unspecified atom stereocenters. The minimum Gasteiger partial charge on any atom is -0.371 e. The van der Waals surface area contributed by atoms with E-state index in [1.54, 1.807) is 0 Å². The lowest BCUT2D eigenvalue weighted by Gasteiger charge is -2.33. The SMILES string of the molecule is CCCCC(Cc1c[nH]c2ccccc12)c1c(C(N)=O)sc2cc(N3CCC(F)(F)CC3)ccc12. The third-order valence-electron chi connectivity index (χ3n) is 7.25. The summed E-state index contributed by atoms with van der Waals surface area (Å²) in [6.45, 7) is 2.84. The van der Waals surface area contributed by atoms with Gasteiger partial charge in [-0.05, 0) is 53.5 Å². The second kappa shape index (κ2) is 9.61. The van der Waals surface area contributed by atoms with Crippen molar-refractivity contribution < 1.29 is 13.6 Å². The summed E-state index contributed by atoms with van der Waals surface area (Å²) in [4.78, 5) is 18.6. The van der Waals surface area contributed by atoms with E-state index in [2.05, 4.69) is 36.3 Å². The van der Waals surface area contributed by atoms with Crippen LogP contribution in [0.2, 0.25) is 0 Å². The highest BCUT2D eigenvalue weighted by atomic mass is 32.1. The number of thiophene rings is 1. The number of nitrogens with one attached hydrogen (secondary N) is 1. The second-order valence-corrected chi connectivity index (χ2v) is 10.7. The number of aromatic nitrogens is 1. The number of anilines is 1. The van der Waals surface area contributed by atoms with E-state index in [1.807, 2.05) is 29.2 Å². The van der Waals surface area contributed by atoms with Gasteiger partial charge in [0, 0.05) is 53.4 Å². The fourth-order valence-electron chi connectivity index (χ4n) is 5.35. The molecule has 1 fully saturated rings. The maximum atomic E-state index is 13.7. The maximum absolute atomic E-state index is 13.7. The molecular weight excluding hydrogens is 464 g/mol. The van der Waals surface area contributed by atoms with Crippen molar-refractivity contribution >= 4 is 43.9 Å². The highest BCUT2D eigenvalue weighted by Crippen LogP contribution is 2.42. The smallest absolute Gasteiger partial charge is 0.259 e. The topological polar surface area (TPSA) is 62.1 Å². The first-order chi connectivity index (χ1) is 16.9. The van der Waals surface area contributed by atoms with Crippen LogP contribution in [0.1, 0.15) is 65.7 Å². The summed E-state index contributed by atoms with van der Waals surface area (Å²) in [5, 5.41) is 2.26. The van der Waals surface area contributed by atoms with E-state index in [0.717, 1.165) is 52.5 Å². The number of benzene rings is 2. The van der Waals surface area contributed by atoms with Gasteiger partial charge in [0.25, 0.3) is 11.8 Å². The number of hydrogen-bond acceptors (Lipinski definition) is 3. The largest absolute Gasteiger partial charge is 0.371 e. The number of amides is 1. The van der Waals surface area contributed by atoms with Crippen LogP contribution >= 0.6 is 11.3 Å². The van der Waals surface area contributed by atoms with E-state index in [1.165, 1.54) is 22.3 Å². The molecule has 5 rings (SSSR count). The number of primary amides is 1. The van der Waals surface area contributed by atoms with E-state index in [9.17, 15) is 13.6 Å². The van der Waals surface area contributed by atoms with Crippen molar-refractivity contribution in [3.8, 4) is 0 Å². The van der Waals surface area contributed by atoms with Gasteiger partial charge in [0.15, 0.2) is 0 Å². The molecular formula is C28H31F2N3OS. The lowest BCUT2D eigenvalue weighted by atomic mass is 9.85. The molecule has 2 aromatic heterocycles. The number of carbonyl (C=O) groups is 1. The van der Waals surface area contributed by atoms with Crippen LogP contribution in [0.5, 0.6) is 0 Å². The third kappa shape index (κ3) is 4.79. The highest BCUT2D eigenvalue weighted by Gasteiger charge is 2.34. The van der Waals surface area contributed by atoms with Crippen molar-refractivity contribution in [3.63, 3.8) is 0 Å². The summed E-state index contributed by atoms with van der Waals surface area (Å²) in [7, 11) is 0. The molecule has 3 heterocycles. The molecule has 4 aromatic rings. The fourth-order valence-corrected chi connectivity index (χ4v) is 6.52. The van der Waals surface area contributed by atoms with Crippen molar-refractivity contribution in [1.82, 2.24) is 4.98 Å². The molecule has 3 N–H and O–H groups in total. The van der Waals surface area contributed by atoms with E-state index >= 15 is 0 Å². The van der Waals surface area contributed by atoms with Crippen LogP contribution in [0, 0.1) is 0 Å². The summed E-state index contributed by atoms with van der Waals surface area (Å²) in [5.74, 6) is -2.82. The van der Waals surface area contributed by atoms with Crippen molar-refractivity contribution in [2.45, 2.75) is 57.3 Å². The van der Waals surface area contributed by atoms with Crippen molar-refractivity contribution in [3.05, 3.63) is 64.7 Å². The van der Waals surface area contributed by atoms with Crippen molar-refractivity contribution in [2.75, 3.05) is 18.0 Å². The maximum Gasteiger partial charge on any atom is 0.259 e. The Bertz CT molecular complexity index is 1350. The number of halogens is 2.